The highest BCUT2D eigenvalue weighted by atomic mass is 32.2. The smallest absolute Gasteiger partial charge is 0.244 e. The van der Waals surface area contributed by atoms with Gasteiger partial charge in [0.05, 0.1) is 11.4 Å². The van der Waals surface area contributed by atoms with Crippen LogP contribution in [0.1, 0.15) is 32.8 Å². The van der Waals surface area contributed by atoms with Gasteiger partial charge in [-0.15, -0.1) is 0 Å². The highest BCUT2D eigenvalue weighted by Gasteiger charge is 2.26. The molecule has 0 aliphatic rings. The molecule has 1 unspecified atom stereocenters. The first-order valence-electron chi connectivity index (χ1n) is 7.25. The first kappa shape index (κ1) is 17.7. The average Bonchev–Trinajstić information content (AvgIpc) is 2.50. The molecule has 0 saturated heterocycles. The summed E-state index contributed by atoms with van der Waals surface area (Å²) in [5, 5.41) is 0. The maximum Gasteiger partial charge on any atom is 0.244 e. The molecule has 4 nitrogen and oxygen atoms in total. The van der Waals surface area contributed by atoms with Gasteiger partial charge in [-0.3, -0.25) is 0 Å². The number of benzene rings is 1. The van der Waals surface area contributed by atoms with Gasteiger partial charge in [0.2, 0.25) is 10.0 Å². The van der Waals surface area contributed by atoms with Crippen molar-refractivity contribution in [1.29, 1.82) is 0 Å². The Balaban J connectivity index is 3.23. The normalized spacial score (nSPS) is 12.8. The Bertz CT molecular complexity index is 615. The first-order valence-corrected chi connectivity index (χ1v) is 8.69. The molecule has 116 valence electrons. The lowest BCUT2D eigenvalue weighted by atomic mass is 10.1. The second-order valence-corrected chi connectivity index (χ2v) is 6.88. The summed E-state index contributed by atoms with van der Waals surface area (Å²) in [6, 6.07) is 6.82. The van der Waals surface area contributed by atoms with Gasteiger partial charge in [0, 0.05) is 18.7 Å². The summed E-state index contributed by atoms with van der Waals surface area (Å²) < 4.78 is 27.2. The van der Waals surface area contributed by atoms with E-state index in [1.54, 1.807) is 24.3 Å². The molecule has 1 aromatic rings. The summed E-state index contributed by atoms with van der Waals surface area (Å²) >= 11 is 0. The molecule has 0 saturated carbocycles. The molecule has 0 aromatic heterocycles. The zero-order valence-corrected chi connectivity index (χ0v) is 13.8. The quantitative estimate of drug-likeness (QED) is 0.818. The SMILES string of the molecule is CCC(C)CN(CC)S(=O)(=O)c1ccccc1C#CCN. The van der Waals surface area contributed by atoms with Crippen molar-refractivity contribution in [1.82, 2.24) is 4.31 Å². The van der Waals surface area contributed by atoms with Gasteiger partial charge < -0.3 is 5.73 Å². The standard InChI is InChI=1S/C16H24N2O2S/c1-4-14(3)13-18(5-2)21(19,20)16-11-7-6-9-15(16)10-8-12-17/h6-7,9,11,14H,4-5,12-13,17H2,1-3H3. The van der Waals surface area contributed by atoms with Crippen LogP contribution in [0, 0.1) is 17.8 Å². The Morgan fingerprint density at radius 3 is 2.52 bits per heavy atom. The third-order valence-electron chi connectivity index (χ3n) is 3.39. The molecule has 0 amide bonds. The number of rotatable bonds is 6. The first-order chi connectivity index (χ1) is 9.97. The Kier molecular flexibility index (Phi) is 6.90. The van der Waals surface area contributed by atoms with Crippen molar-refractivity contribution in [2.45, 2.75) is 32.1 Å². The molecule has 21 heavy (non-hydrogen) atoms. The summed E-state index contributed by atoms with van der Waals surface area (Å²) in [4.78, 5) is 0.260. The Hall–Kier alpha value is -1.35. The van der Waals surface area contributed by atoms with E-state index in [2.05, 4.69) is 25.7 Å². The van der Waals surface area contributed by atoms with Crippen LogP contribution in [0.2, 0.25) is 0 Å². The topological polar surface area (TPSA) is 63.4 Å². The van der Waals surface area contributed by atoms with Crippen molar-refractivity contribution < 1.29 is 8.42 Å². The number of nitrogens with two attached hydrogens (primary N) is 1. The van der Waals surface area contributed by atoms with E-state index in [4.69, 9.17) is 5.73 Å². The monoisotopic (exact) mass is 308 g/mol. The van der Waals surface area contributed by atoms with Gasteiger partial charge in [-0.05, 0) is 18.1 Å². The average molecular weight is 308 g/mol. The van der Waals surface area contributed by atoms with Crippen molar-refractivity contribution in [2.24, 2.45) is 11.7 Å². The molecule has 0 bridgehead atoms. The van der Waals surface area contributed by atoms with Crippen molar-refractivity contribution in [3.05, 3.63) is 29.8 Å². The molecule has 1 rings (SSSR count). The highest BCUT2D eigenvalue weighted by Crippen LogP contribution is 2.21. The summed E-state index contributed by atoms with van der Waals surface area (Å²) in [6.07, 6.45) is 0.945. The minimum absolute atomic E-state index is 0.207. The molecule has 0 heterocycles. The lowest BCUT2D eigenvalue weighted by Gasteiger charge is -2.24. The Morgan fingerprint density at radius 2 is 1.95 bits per heavy atom. The number of sulfonamides is 1. The predicted molar refractivity (Wildman–Crippen MR) is 86.3 cm³/mol. The van der Waals surface area contributed by atoms with Crippen LogP contribution in [0.5, 0.6) is 0 Å². The molecule has 5 heteroatoms. The molecule has 1 aromatic carbocycles. The maximum atomic E-state index is 12.8. The Morgan fingerprint density at radius 1 is 1.29 bits per heavy atom. The molecular weight excluding hydrogens is 284 g/mol. The minimum Gasteiger partial charge on any atom is -0.320 e. The zero-order chi connectivity index (χ0) is 15.9. The van der Waals surface area contributed by atoms with Gasteiger partial charge in [-0.1, -0.05) is 51.2 Å². The van der Waals surface area contributed by atoms with Gasteiger partial charge in [-0.2, -0.15) is 4.31 Å². The second kappa shape index (κ2) is 8.18. The van der Waals surface area contributed by atoms with Crippen LogP contribution in [-0.2, 0) is 10.0 Å². The van der Waals surface area contributed by atoms with E-state index in [-0.39, 0.29) is 11.4 Å². The minimum atomic E-state index is -3.53. The summed E-state index contributed by atoms with van der Waals surface area (Å²) in [7, 11) is -3.53. The molecule has 0 fully saturated rings. The van der Waals surface area contributed by atoms with Gasteiger partial charge >= 0.3 is 0 Å². The Labute approximate surface area is 128 Å². The molecule has 0 aliphatic carbocycles. The van der Waals surface area contributed by atoms with Gasteiger partial charge in [-0.25, -0.2) is 8.42 Å². The van der Waals surface area contributed by atoms with Gasteiger partial charge in [0.1, 0.15) is 0 Å². The maximum absolute atomic E-state index is 12.8. The molecule has 0 radical (unpaired) electrons. The highest BCUT2D eigenvalue weighted by molar-refractivity contribution is 7.89. The van der Waals surface area contributed by atoms with Crippen LogP contribution < -0.4 is 5.73 Å². The van der Waals surface area contributed by atoms with E-state index in [0.29, 0.717) is 24.6 Å². The van der Waals surface area contributed by atoms with E-state index < -0.39 is 10.0 Å². The van der Waals surface area contributed by atoms with E-state index in [9.17, 15) is 8.42 Å². The number of hydrogen-bond donors (Lipinski definition) is 1. The second-order valence-electron chi connectivity index (χ2n) is 4.97. The van der Waals surface area contributed by atoms with Crippen LogP contribution in [0.25, 0.3) is 0 Å². The van der Waals surface area contributed by atoms with Crippen LogP contribution in [0.4, 0.5) is 0 Å². The van der Waals surface area contributed by atoms with Crippen molar-refractivity contribution in [3.8, 4) is 11.8 Å². The van der Waals surface area contributed by atoms with Crippen LogP contribution >= 0.6 is 0 Å². The fourth-order valence-corrected chi connectivity index (χ4v) is 3.67. The zero-order valence-electron chi connectivity index (χ0n) is 13.0. The summed E-state index contributed by atoms with van der Waals surface area (Å²) in [5.41, 5.74) is 5.88. The molecule has 0 aliphatic heterocycles. The lowest BCUT2D eigenvalue weighted by molar-refractivity contribution is 0.361. The van der Waals surface area contributed by atoms with E-state index in [1.807, 2.05) is 6.92 Å². The van der Waals surface area contributed by atoms with Crippen LogP contribution in [-0.4, -0.2) is 32.4 Å². The van der Waals surface area contributed by atoms with Crippen molar-refractivity contribution in [2.75, 3.05) is 19.6 Å². The third-order valence-corrected chi connectivity index (χ3v) is 5.39. The van der Waals surface area contributed by atoms with Crippen molar-refractivity contribution >= 4 is 10.0 Å². The summed E-state index contributed by atoms with van der Waals surface area (Å²) in [6.45, 7) is 7.15. The van der Waals surface area contributed by atoms with Gasteiger partial charge in [0.15, 0.2) is 0 Å². The molecular formula is C16H24N2O2S. The summed E-state index contributed by atoms with van der Waals surface area (Å²) in [5.74, 6) is 5.89. The fraction of sp³-hybridized carbons (Fsp3) is 0.500. The van der Waals surface area contributed by atoms with Gasteiger partial charge in [0.25, 0.3) is 0 Å². The largest absolute Gasteiger partial charge is 0.320 e. The molecule has 2 N–H and O–H groups in total. The number of nitrogens with zero attached hydrogens (tertiary/aromatic N) is 1. The lowest BCUT2D eigenvalue weighted by Crippen LogP contribution is -2.35. The molecule has 0 spiro atoms. The van der Waals surface area contributed by atoms with Crippen LogP contribution in [0.15, 0.2) is 29.2 Å². The van der Waals surface area contributed by atoms with E-state index in [1.165, 1.54) is 4.31 Å². The van der Waals surface area contributed by atoms with Crippen molar-refractivity contribution in [3.63, 3.8) is 0 Å². The fourth-order valence-electron chi connectivity index (χ4n) is 1.95. The molecule has 1 atom stereocenters. The van der Waals surface area contributed by atoms with Crippen LogP contribution in [0.3, 0.4) is 0 Å². The number of hydrogen-bond acceptors (Lipinski definition) is 3. The van der Waals surface area contributed by atoms with E-state index >= 15 is 0 Å². The van der Waals surface area contributed by atoms with E-state index in [0.717, 1.165) is 6.42 Å². The predicted octanol–water partition coefficient (Wildman–Crippen LogP) is 2.05. The third kappa shape index (κ3) is 4.57.